The second-order valence-electron chi connectivity index (χ2n) is 7.72. The maximum Gasteiger partial charge on any atom is 0.421 e. The highest BCUT2D eigenvalue weighted by Gasteiger charge is 2.35. The van der Waals surface area contributed by atoms with E-state index in [0.29, 0.717) is 28.6 Å². The monoisotopic (exact) mass is 572 g/mol. The van der Waals surface area contributed by atoms with E-state index in [1.54, 1.807) is 45.2 Å². The molecule has 2 N–H and O–H groups in total. The van der Waals surface area contributed by atoms with E-state index in [9.17, 15) is 21.9 Å². The summed E-state index contributed by atoms with van der Waals surface area (Å²) in [7, 11) is -3.29. The Morgan fingerprint density at radius 3 is 2.32 bits per heavy atom. The molecule has 0 amide bonds. The van der Waals surface area contributed by atoms with E-state index in [1.165, 1.54) is 28.9 Å². The van der Waals surface area contributed by atoms with Crippen molar-refractivity contribution in [3.63, 3.8) is 0 Å². The molecule has 2 heterocycles. The molecule has 15 heteroatoms. The molecule has 1 atom stereocenters. The first-order valence-corrected chi connectivity index (χ1v) is 14.5. The summed E-state index contributed by atoms with van der Waals surface area (Å²) in [6.45, 7) is 3.72. The summed E-state index contributed by atoms with van der Waals surface area (Å²) >= 11 is 0. The SMILES string of the molecule is CCOP(=O)(OCC)c1ccc(Nc2ncc(C(F)(F)F)c(NCc3cccnc3N(C)S(C)=O)n2)cc1. The lowest BCUT2D eigenvalue weighted by Gasteiger charge is -2.19. The van der Waals surface area contributed by atoms with Gasteiger partial charge in [0.2, 0.25) is 5.95 Å². The van der Waals surface area contributed by atoms with E-state index >= 15 is 0 Å². The highest BCUT2D eigenvalue weighted by Crippen LogP contribution is 2.46. The number of anilines is 4. The second-order valence-corrected chi connectivity index (χ2v) is 11.1. The van der Waals surface area contributed by atoms with Crippen LogP contribution < -0.4 is 20.2 Å². The predicted octanol–water partition coefficient (Wildman–Crippen LogP) is 4.87. The highest BCUT2D eigenvalue weighted by atomic mass is 32.2. The Morgan fingerprint density at radius 2 is 1.74 bits per heavy atom. The molecule has 0 spiro atoms. The number of pyridine rings is 1. The third-order valence-corrected chi connectivity index (χ3v) is 8.20. The minimum atomic E-state index is -4.71. The van der Waals surface area contributed by atoms with Crippen molar-refractivity contribution in [2.75, 3.05) is 41.5 Å². The standard InChI is InChI=1S/C23H28F3N6O4PS/c1-5-35-37(33,36-6-2)18-11-9-17(10-12-18)30-22-29-15-19(23(24,25)26)20(31-22)28-14-16-8-7-13-27-21(16)32(3)38(4)34/h7-13,15H,5-6,14H2,1-4H3,(H2,28,29,30,31). The molecule has 2 aromatic heterocycles. The summed E-state index contributed by atoms with van der Waals surface area (Å²) in [5.41, 5.74) is -0.0821. The normalized spacial score (nSPS) is 12.7. The maximum absolute atomic E-state index is 13.7. The first-order chi connectivity index (χ1) is 18.0. The van der Waals surface area contributed by atoms with Gasteiger partial charge < -0.3 is 19.7 Å². The second kappa shape index (κ2) is 12.7. The van der Waals surface area contributed by atoms with Gasteiger partial charge in [0, 0.05) is 43.5 Å². The summed E-state index contributed by atoms with van der Waals surface area (Å²) in [4.78, 5) is 12.0. The molecule has 0 saturated carbocycles. The van der Waals surface area contributed by atoms with Crippen LogP contribution in [0.4, 0.5) is 36.4 Å². The van der Waals surface area contributed by atoms with Gasteiger partial charge in [-0.25, -0.2) is 14.2 Å². The zero-order valence-corrected chi connectivity index (χ0v) is 22.9. The average Bonchev–Trinajstić information content (AvgIpc) is 2.87. The first kappa shape index (κ1) is 29.5. The van der Waals surface area contributed by atoms with Crippen LogP contribution in [0.3, 0.4) is 0 Å². The fraction of sp³-hybridized carbons (Fsp3) is 0.348. The molecule has 0 aliphatic carbocycles. The van der Waals surface area contributed by atoms with Gasteiger partial charge in [0.25, 0.3) is 0 Å². The van der Waals surface area contributed by atoms with Crippen LogP contribution in [0.25, 0.3) is 0 Å². The van der Waals surface area contributed by atoms with E-state index < -0.39 is 36.1 Å². The number of alkyl halides is 3. The van der Waals surface area contributed by atoms with Crippen molar-refractivity contribution in [2.24, 2.45) is 0 Å². The van der Waals surface area contributed by atoms with E-state index in [4.69, 9.17) is 9.05 Å². The molecule has 206 valence electrons. The van der Waals surface area contributed by atoms with Gasteiger partial charge in [-0.15, -0.1) is 0 Å². The van der Waals surface area contributed by atoms with Gasteiger partial charge in [-0.05, 0) is 44.2 Å². The van der Waals surface area contributed by atoms with Crippen molar-refractivity contribution in [3.8, 4) is 0 Å². The van der Waals surface area contributed by atoms with Crippen LogP contribution in [0.5, 0.6) is 0 Å². The lowest BCUT2D eigenvalue weighted by atomic mass is 10.2. The van der Waals surface area contributed by atoms with E-state index in [-0.39, 0.29) is 25.7 Å². The van der Waals surface area contributed by atoms with Gasteiger partial charge in [-0.2, -0.15) is 18.2 Å². The molecule has 0 saturated heterocycles. The van der Waals surface area contributed by atoms with Gasteiger partial charge in [0.05, 0.1) is 18.5 Å². The van der Waals surface area contributed by atoms with E-state index in [1.807, 2.05) is 0 Å². The van der Waals surface area contributed by atoms with Gasteiger partial charge in [-0.1, -0.05) is 6.07 Å². The largest absolute Gasteiger partial charge is 0.421 e. The molecular formula is C23H28F3N6O4PS. The Morgan fingerprint density at radius 1 is 1.08 bits per heavy atom. The van der Waals surface area contributed by atoms with Crippen LogP contribution in [-0.4, -0.2) is 45.7 Å². The Hall–Kier alpha value is -3.06. The van der Waals surface area contributed by atoms with Crippen molar-refractivity contribution in [3.05, 3.63) is 59.9 Å². The summed E-state index contributed by atoms with van der Waals surface area (Å²) in [5, 5.41) is 5.89. The smallest absolute Gasteiger partial charge is 0.365 e. The summed E-state index contributed by atoms with van der Waals surface area (Å²) in [6.07, 6.45) is -1.05. The van der Waals surface area contributed by atoms with Crippen LogP contribution in [0.15, 0.2) is 48.8 Å². The molecule has 38 heavy (non-hydrogen) atoms. The Kier molecular flexibility index (Phi) is 9.82. The third kappa shape index (κ3) is 7.28. The number of halogens is 3. The Bertz CT molecular complexity index is 1300. The number of nitrogens with zero attached hydrogens (tertiary/aromatic N) is 4. The summed E-state index contributed by atoms with van der Waals surface area (Å²) in [6, 6.07) is 9.50. The topological polar surface area (TPSA) is 119 Å². The van der Waals surface area contributed by atoms with Crippen molar-refractivity contribution in [2.45, 2.75) is 26.6 Å². The molecule has 0 aliphatic rings. The van der Waals surface area contributed by atoms with Gasteiger partial charge in [0.1, 0.15) is 28.2 Å². The first-order valence-electron chi connectivity index (χ1n) is 11.4. The molecule has 0 aliphatic heterocycles. The molecule has 3 aromatic rings. The molecular weight excluding hydrogens is 544 g/mol. The fourth-order valence-electron chi connectivity index (χ4n) is 3.32. The van der Waals surface area contributed by atoms with Crippen LogP contribution in [0.2, 0.25) is 0 Å². The van der Waals surface area contributed by atoms with Crippen LogP contribution in [-0.2, 0) is 37.3 Å². The third-order valence-electron chi connectivity index (χ3n) is 5.13. The number of hydrogen-bond donors (Lipinski definition) is 2. The number of benzene rings is 1. The Balaban J connectivity index is 1.86. The molecule has 3 rings (SSSR count). The zero-order chi connectivity index (χ0) is 27.9. The molecule has 0 bridgehead atoms. The van der Waals surface area contributed by atoms with Gasteiger partial charge in [0.15, 0.2) is 0 Å². The average molecular weight is 573 g/mol. The quantitative estimate of drug-likeness (QED) is 0.293. The van der Waals surface area contributed by atoms with Crippen molar-refractivity contribution < 1.29 is 31.0 Å². The molecule has 1 aromatic carbocycles. The van der Waals surface area contributed by atoms with E-state index in [2.05, 4.69) is 25.6 Å². The molecule has 0 fully saturated rings. The maximum atomic E-state index is 13.7. The Labute approximate surface area is 221 Å². The zero-order valence-electron chi connectivity index (χ0n) is 21.2. The molecule has 0 radical (unpaired) electrons. The minimum Gasteiger partial charge on any atom is -0.365 e. The van der Waals surface area contributed by atoms with Crippen LogP contribution in [0.1, 0.15) is 25.0 Å². The number of nitrogens with one attached hydrogen (secondary N) is 2. The van der Waals surface area contributed by atoms with E-state index in [0.717, 1.165) is 0 Å². The van der Waals surface area contributed by atoms with Crippen LogP contribution >= 0.6 is 7.60 Å². The number of rotatable bonds is 12. The summed E-state index contributed by atoms with van der Waals surface area (Å²) < 4.78 is 77.9. The molecule has 10 nitrogen and oxygen atoms in total. The molecule has 1 unspecified atom stereocenters. The van der Waals surface area contributed by atoms with Gasteiger partial charge in [-0.3, -0.25) is 8.87 Å². The number of hydrogen-bond acceptors (Lipinski definition) is 9. The fourth-order valence-corrected chi connectivity index (χ4v) is 5.29. The van der Waals surface area contributed by atoms with Crippen molar-refractivity contribution in [1.82, 2.24) is 15.0 Å². The van der Waals surface area contributed by atoms with Crippen molar-refractivity contribution in [1.29, 1.82) is 0 Å². The number of aromatic nitrogens is 3. The van der Waals surface area contributed by atoms with Gasteiger partial charge >= 0.3 is 13.8 Å². The highest BCUT2D eigenvalue weighted by molar-refractivity contribution is 7.85. The van der Waals surface area contributed by atoms with Crippen LogP contribution in [0, 0.1) is 0 Å². The minimum absolute atomic E-state index is 0.0664. The van der Waals surface area contributed by atoms with Crippen molar-refractivity contribution >= 4 is 47.2 Å². The summed E-state index contributed by atoms with van der Waals surface area (Å²) in [5.74, 6) is -0.179. The lowest BCUT2D eigenvalue weighted by molar-refractivity contribution is -0.137. The lowest BCUT2D eigenvalue weighted by Crippen LogP contribution is -2.22. The predicted molar refractivity (Wildman–Crippen MR) is 141 cm³/mol.